The molecule has 1 aliphatic carbocycles. The largest absolute Gasteiger partial charge is 0.497 e. The van der Waals surface area contributed by atoms with Crippen LogP contribution in [0.3, 0.4) is 0 Å². The van der Waals surface area contributed by atoms with Gasteiger partial charge in [-0.05, 0) is 13.0 Å². The van der Waals surface area contributed by atoms with Crippen molar-refractivity contribution in [3.8, 4) is 0 Å². The van der Waals surface area contributed by atoms with Crippen molar-refractivity contribution in [2.24, 2.45) is 5.92 Å². The summed E-state index contributed by atoms with van der Waals surface area (Å²) in [6.45, 7) is 2.97. The number of cyclic esters (lactones) is 1. The highest BCUT2D eigenvalue weighted by molar-refractivity contribution is 5.79. The van der Waals surface area contributed by atoms with E-state index < -0.39 is 0 Å². The average Bonchev–Trinajstić information content (AvgIpc) is 2.36. The molecular formula is C12H14O3. The van der Waals surface area contributed by atoms with Crippen LogP contribution < -0.4 is 0 Å². The van der Waals surface area contributed by atoms with Crippen LogP contribution in [0.15, 0.2) is 35.6 Å². The summed E-state index contributed by atoms with van der Waals surface area (Å²) in [7, 11) is 0. The monoisotopic (exact) mass is 206 g/mol. The van der Waals surface area contributed by atoms with Crippen LogP contribution in [-0.2, 0) is 14.3 Å². The molecule has 1 atom stereocenters. The maximum atomic E-state index is 11.8. The van der Waals surface area contributed by atoms with E-state index in [1.807, 2.05) is 31.2 Å². The van der Waals surface area contributed by atoms with Gasteiger partial charge in [0.05, 0.1) is 13.2 Å². The zero-order chi connectivity index (χ0) is 10.7. The van der Waals surface area contributed by atoms with Crippen LogP contribution in [0.5, 0.6) is 0 Å². The minimum Gasteiger partial charge on any atom is -0.497 e. The Hall–Kier alpha value is -1.51. The molecule has 0 bridgehead atoms. The Bertz CT molecular complexity index is 350. The fourth-order valence-corrected chi connectivity index (χ4v) is 1.71. The van der Waals surface area contributed by atoms with Crippen molar-refractivity contribution in [1.82, 2.24) is 0 Å². The van der Waals surface area contributed by atoms with Crippen LogP contribution >= 0.6 is 0 Å². The molecule has 2 rings (SSSR count). The van der Waals surface area contributed by atoms with Crippen molar-refractivity contribution in [2.45, 2.75) is 13.3 Å². The Kier molecular flexibility index (Phi) is 2.90. The molecule has 0 saturated carbocycles. The quantitative estimate of drug-likeness (QED) is 0.568. The summed E-state index contributed by atoms with van der Waals surface area (Å²) in [5, 5.41) is 0. The summed E-state index contributed by atoms with van der Waals surface area (Å²) >= 11 is 0. The molecule has 1 saturated heterocycles. The van der Waals surface area contributed by atoms with Crippen molar-refractivity contribution in [2.75, 3.05) is 13.2 Å². The highest BCUT2D eigenvalue weighted by Gasteiger charge is 2.29. The van der Waals surface area contributed by atoms with Crippen molar-refractivity contribution >= 4 is 5.97 Å². The zero-order valence-electron chi connectivity index (χ0n) is 8.73. The molecule has 1 aliphatic heterocycles. The molecule has 0 aromatic rings. The molecule has 3 nitrogen and oxygen atoms in total. The summed E-state index contributed by atoms with van der Waals surface area (Å²) in [5.41, 5.74) is 0.960. The van der Waals surface area contributed by atoms with Gasteiger partial charge in [-0.1, -0.05) is 23.8 Å². The Morgan fingerprint density at radius 1 is 1.20 bits per heavy atom. The molecule has 2 aliphatic rings. The van der Waals surface area contributed by atoms with Crippen molar-refractivity contribution in [3.05, 3.63) is 35.6 Å². The predicted molar refractivity (Wildman–Crippen MR) is 56.0 cm³/mol. The van der Waals surface area contributed by atoms with E-state index in [-0.39, 0.29) is 11.9 Å². The number of carbonyl (C=O) groups is 1. The van der Waals surface area contributed by atoms with Gasteiger partial charge in [0.1, 0.15) is 11.7 Å². The third kappa shape index (κ3) is 2.12. The molecule has 0 radical (unpaired) electrons. The van der Waals surface area contributed by atoms with Gasteiger partial charge in [0.15, 0.2) is 0 Å². The number of fused-ring (bicyclic) bond motifs is 1. The topological polar surface area (TPSA) is 35.5 Å². The van der Waals surface area contributed by atoms with Crippen LogP contribution in [0.25, 0.3) is 0 Å². The molecule has 3 heteroatoms. The normalized spacial score (nSPS) is 25.9. The lowest BCUT2D eigenvalue weighted by atomic mass is 9.98. The van der Waals surface area contributed by atoms with Gasteiger partial charge in [-0.2, -0.15) is 0 Å². The standard InChI is InChI=1S/C12H14O3/c1-9-5-2-3-6-10-11(9)12(13)15-8-4-7-14-10/h2-3,5-6,11H,4,7-8H2,1H3/t11-/m0/s1. The second-order valence-corrected chi connectivity index (χ2v) is 3.67. The highest BCUT2D eigenvalue weighted by Crippen LogP contribution is 2.26. The molecule has 80 valence electrons. The number of allylic oxidation sites excluding steroid dienone is 4. The Morgan fingerprint density at radius 2 is 1.93 bits per heavy atom. The van der Waals surface area contributed by atoms with Gasteiger partial charge >= 0.3 is 5.97 Å². The molecule has 0 aromatic carbocycles. The van der Waals surface area contributed by atoms with Crippen molar-refractivity contribution in [1.29, 1.82) is 0 Å². The maximum absolute atomic E-state index is 11.8. The van der Waals surface area contributed by atoms with Gasteiger partial charge in [-0.25, -0.2) is 0 Å². The number of hydrogen-bond acceptors (Lipinski definition) is 3. The first-order valence-electron chi connectivity index (χ1n) is 5.13. The Balaban J connectivity index is 2.32. The van der Waals surface area contributed by atoms with E-state index in [0.717, 1.165) is 12.0 Å². The van der Waals surface area contributed by atoms with Crippen LogP contribution in [0.4, 0.5) is 0 Å². The number of hydrogen-bond donors (Lipinski definition) is 0. The fraction of sp³-hybridized carbons (Fsp3) is 0.417. The molecule has 0 amide bonds. The van der Waals surface area contributed by atoms with Crippen LogP contribution in [0, 0.1) is 5.92 Å². The van der Waals surface area contributed by atoms with Crippen molar-refractivity contribution < 1.29 is 14.3 Å². The van der Waals surface area contributed by atoms with Crippen LogP contribution in [0.2, 0.25) is 0 Å². The van der Waals surface area contributed by atoms with Crippen LogP contribution in [-0.4, -0.2) is 19.2 Å². The van der Waals surface area contributed by atoms with E-state index in [2.05, 4.69) is 0 Å². The first-order chi connectivity index (χ1) is 7.29. The first kappa shape index (κ1) is 10.0. The molecule has 0 unspecified atom stereocenters. The molecule has 0 spiro atoms. The van der Waals surface area contributed by atoms with Crippen LogP contribution in [0.1, 0.15) is 13.3 Å². The highest BCUT2D eigenvalue weighted by atomic mass is 16.5. The van der Waals surface area contributed by atoms with E-state index in [1.165, 1.54) is 0 Å². The zero-order valence-corrected chi connectivity index (χ0v) is 8.73. The number of rotatable bonds is 0. The number of ether oxygens (including phenoxy) is 2. The van der Waals surface area contributed by atoms with Gasteiger partial charge in [-0.15, -0.1) is 0 Å². The van der Waals surface area contributed by atoms with Gasteiger partial charge in [0, 0.05) is 6.42 Å². The summed E-state index contributed by atoms with van der Waals surface area (Å²) in [5.74, 6) is 0.126. The second-order valence-electron chi connectivity index (χ2n) is 3.67. The smallest absolute Gasteiger partial charge is 0.320 e. The summed E-state index contributed by atoms with van der Waals surface area (Å²) in [6.07, 6.45) is 8.30. The molecular weight excluding hydrogens is 192 g/mol. The number of esters is 1. The molecule has 15 heavy (non-hydrogen) atoms. The van der Waals surface area contributed by atoms with Gasteiger partial charge in [-0.3, -0.25) is 4.79 Å². The molecule has 1 heterocycles. The summed E-state index contributed by atoms with van der Waals surface area (Å²) in [6, 6.07) is 0. The third-order valence-electron chi connectivity index (χ3n) is 2.51. The lowest BCUT2D eigenvalue weighted by Gasteiger charge is -2.22. The summed E-state index contributed by atoms with van der Waals surface area (Å²) < 4.78 is 10.7. The van der Waals surface area contributed by atoms with Gasteiger partial charge < -0.3 is 9.47 Å². The Labute approximate surface area is 89.1 Å². The van der Waals surface area contributed by atoms with E-state index in [4.69, 9.17) is 9.47 Å². The number of carbonyl (C=O) groups excluding carboxylic acids is 1. The van der Waals surface area contributed by atoms with E-state index >= 15 is 0 Å². The SMILES string of the molecule is CC1=CC=CC=C2OCCCOC(=O)[C@@H]12. The fourth-order valence-electron chi connectivity index (χ4n) is 1.71. The predicted octanol–water partition coefficient (Wildman–Crippen LogP) is 1.97. The van der Waals surface area contributed by atoms with E-state index in [9.17, 15) is 4.79 Å². The lowest BCUT2D eigenvalue weighted by molar-refractivity contribution is -0.149. The maximum Gasteiger partial charge on any atom is 0.320 e. The first-order valence-corrected chi connectivity index (χ1v) is 5.13. The minimum absolute atomic E-state index is 0.210. The van der Waals surface area contributed by atoms with Gasteiger partial charge in [0.2, 0.25) is 0 Å². The lowest BCUT2D eigenvalue weighted by Crippen LogP contribution is -2.25. The second kappa shape index (κ2) is 4.34. The molecule has 1 fully saturated rings. The molecule has 0 aromatic heterocycles. The summed E-state index contributed by atoms with van der Waals surface area (Å²) in [4.78, 5) is 11.8. The van der Waals surface area contributed by atoms with Crippen molar-refractivity contribution in [3.63, 3.8) is 0 Å². The van der Waals surface area contributed by atoms with E-state index in [1.54, 1.807) is 0 Å². The van der Waals surface area contributed by atoms with E-state index in [0.29, 0.717) is 19.0 Å². The van der Waals surface area contributed by atoms with Gasteiger partial charge in [0.25, 0.3) is 0 Å². The average molecular weight is 206 g/mol. The molecule has 0 N–H and O–H groups in total. The Morgan fingerprint density at radius 3 is 2.80 bits per heavy atom. The minimum atomic E-state index is -0.361. The third-order valence-corrected chi connectivity index (χ3v) is 2.51.